The van der Waals surface area contributed by atoms with Crippen molar-refractivity contribution in [3.05, 3.63) is 0 Å². The SMILES string of the molecule is COC(=O)C(NCCCCCCSC)C1CC1. The van der Waals surface area contributed by atoms with E-state index in [1.807, 2.05) is 11.8 Å². The molecule has 100 valence electrons. The molecule has 0 spiro atoms. The van der Waals surface area contributed by atoms with Gasteiger partial charge in [-0.3, -0.25) is 4.79 Å². The Morgan fingerprint density at radius 2 is 2.06 bits per heavy atom. The summed E-state index contributed by atoms with van der Waals surface area (Å²) in [5.74, 6) is 1.70. The van der Waals surface area contributed by atoms with E-state index in [-0.39, 0.29) is 12.0 Å². The van der Waals surface area contributed by atoms with Crippen molar-refractivity contribution < 1.29 is 9.53 Å². The van der Waals surface area contributed by atoms with Gasteiger partial charge in [-0.25, -0.2) is 0 Å². The van der Waals surface area contributed by atoms with Crippen molar-refractivity contribution >= 4 is 17.7 Å². The number of carbonyl (C=O) groups is 1. The second-order valence-electron chi connectivity index (χ2n) is 4.70. The summed E-state index contributed by atoms with van der Waals surface area (Å²) < 4.78 is 4.82. The molecule has 1 aliphatic carbocycles. The molecular formula is C13H25NO2S. The predicted octanol–water partition coefficient (Wildman–Crippen LogP) is 2.45. The highest BCUT2D eigenvalue weighted by Crippen LogP contribution is 2.33. The summed E-state index contributed by atoms with van der Waals surface area (Å²) in [5.41, 5.74) is 0. The molecular weight excluding hydrogens is 234 g/mol. The van der Waals surface area contributed by atoms with Gasteiger partial charge in [-0.15, -0.1) is 0 Å². The molecule has 0 aromatic carbocycles. The average molecular weight is 259 g/mol. The fourth-order valence-electron chi connectivity index (χ4n) is 1.98. The molecule has 0 heterocycles. The number of esters is 1. The van der Waals surface area contributed by atoms with Crippen molar-refractivity contribution in [3.63, 3.8) is 0 Å². The first-order valence-corrected chi connectivity index (χ1v) is 7.99. The summed E-state index contributed by atoms with van der Waals surface area (Å²) in [6.07, 6.45) is 9.51. The monoisotopic (exact) mass is 259 g/mol. The Morgan fingerprint density at radius 3 is 2.65 bits per heavy atom. The third kappa shape index (κ3) is 6.32. The lowest BCUT2D eigenvalue weighted by Crippen LogP contribution is -2.39. The number of hydrogen-bond acceptors (Lipinski definition) is 4. The maximum absolute atomic E-state index is 11.5. The molecule has 1 rings (SSSR count). The summed E-state index contributed by atoms with van der Waals surface area (Å²) in [6, 6.07) is -0.0498. The molecule has 1 N–H and O–H groups in total. The first-order chi connectivity index (χ1) is 8.29. The second-order valence-corrected chi connectivity index (χ2v) is 5.68. The molecule has 0 amide bonds. The van der Waals surface area contributed by atoms with Gasteiger partial charge in [0.25, 0.3) is 0 Å². The lowest BCUT2D eigenvalue weighted by molar-refractivity contribution is -0.143. The second kappa shape index (κ2) is 8.81. The van der Waals surface area contributed by atoms with Gasteiger partial charge in [-0.1, -0.05) is 12.8 Å². The highest BCUT2D eigenvalue weighted by atomic mass is 32.2. The molecule has 0 saturated heterocycles. The molecule has 1 aliphatic rings. The van der Waals surface area contributed by atoms with E-state index in [1.165, 1.54) is 45.0 Å². The highest BCUT2D eigenvalue weighted by molar-refractivity contribution is 7.98. The number of ether oxygens (including phenoxy) is 1. The number of hydrogen-bond donors (Lipinski definition) is 1. The van der Waals surface area contributed by atoms with Gasteiger partial charge in [0.1, 0.15) is 6.04 Å². The van der Waals surface area contributed by atoms with Crippen LogP contribution in [0.15, 0.2) is 0 Å². The van der Waals surface area contributed by atoms with Gasteiger partial charge in [0.2, 0.25) is 0 Å². The largest absolute Gasteiger partial charge is 0.468 e. The summed E-state index contributed by atoms with van der Waals surface area (Å²) in [7, 11) is 1.47. The van der Waals surface area contributed by atoms with Gasteiger partial charge in [0.15, 0.2) is 0 Å². The molecule has 1 fully saturated rings. The van der Waals surface area contributed by atoms with E-state index in [9.17, 15) is 4.79 Å². The number of rotatable bonds is 10. The van der Waals surface area contributed by atoms with Gasteiger partial charge in [-0.05, 0) is 50.2 Å². The molecule has 4 heteroatoms. The number of methoxy groups -OCH3 is 1. The van der Waals surface area contributed by atoms with E-state index >= 15 is 0 Å². The lowest BCUT2D eigenvalue weighted by atomic mass is 10.1. The van der Waals surface area contributed by atoms with E-state index in [0.29, 0.717) is 5.92 Å². The Hall–Kier alpha value is -0.220. The molecule has 0 bridgehead atoms. The van der Waals surface area contributed by atoms with Crippen molar-refractivity contribution in [2.75, 3.05) is 25.7 Å². The maximum Gasteiger partial charge on any atom is 0.323 e. The Morgan fingerprint density at radius 1 is 1.35 bits per heavy atom. The minimum Gasteiger partial charge on any atom is -0.468 e. The maximum atomic E-state index is 11.5. The smallest absolute Gasteiger partial charge is 0.323 e. The van der Waals surface area contributed by atoms with Crippen LogP contribution in [0.25, 0.3) is 0 Å². The summed E-state index contributed by atoms with van der Waals surface area (Å²) >= 11 is 1.91. The molecule has 0 radical (unpaired) electrons. The van der Waals surface area contributed by atoms with Crippen molar-refractivity contribution in [1.29, 1.82) is 0 Å². The average Bonchev–Trinajstić information content (AvgIpc) is 3.16. The van der Waals surface area contributed by atoms with Gasteiger partial charge >= 0.3 is 5.97 Å². The molecule has 1 atom stereocenters. The summed E-state index contributed by atoms with van der Waals surface area (Å²) in [5, 5.41) is 3.34. The van der Waals surface area contributed by atoms with E-state index in [4.69, 9.17) is 4.74 Å². The quantitative estimate of drug-likeness (QED) is 0.483. The van der Waals surface area contributed by atoms with Crippen molar-refractivity contribution in [3.8, 4) is 0 Å². The number of nitrogens with one attached hydrogen (secondary N) is 1. The normalized spacial score (nSPS) is 16.8. The van der Waals surface area contributed by atoms with Crippen LogP contribution in [0.2, 0.25) is 0 Å². The Bertz CT molecular complexity index is 219. The Balaban J connectivity index is 2.01. The molecule has 1 saturated carbocycles. The Labute approximate surface area is 109 Å². The zero-order valence-corrected chi connectivity index (χ0v) is 11.9. The van der Waals surface area contributed by atoms with Crippen LogP contribution in [-0.4, -0.2) is 37.7 Å². The van der Waals surface area contributed by atoms with Gasteiger partial charge in [-0.2, -0.15) is 11.8 Å². The van der Waals surface area contributed by atoms with Crippen LogP contribution in [0.1, 0.15) is 38.5 Å². The minimum absolute atomic E-state index is 0.0498. The number of thioether (sulfide) groups is 1. The first-order valence-electron chi connectivity index (χ1n) is 6.59. The van der Waals surface area contributed by atoms with Gasteiger partial charge in [0, 0.05) is 0 Å². The zero-order chi connectivity index (χ0) is 12.5. The number of carbonyl (C=O) groups excluding carboxylic acids is 1. The van der Waals surface area contributed by atoms with Crippen LogP contribution >= 0.6 is 11.8 Å². The van der Waals surface area contributed by atoms with Crippen molar-refractivity contribution in [2.24, 2.45) is 5.92 Å². The van der Waals surface area contributed by atoms with Crippen molar-refractivity contribution in [1.82, 2.24) is 5.32 Å². The predicted molar refractivity (Wildman–Crippen MR) is 73.4 cm³/mol. The highest BCUT2D eigenvalue weighted by Gasteiger charge is 2.36. The summed E-state index contributed by atoms with van der Waals surface area (Å²) in [4.78, 5) is 11.5. The van der Waals surface area contributed by atoms with Crippen LogP contribution < -0.4 is 5.32 Å². The molecule has 3 nitrogen and oxygen atoms in total. The van der Waals surface area contributed by atoms with Crippen LogP contribution in [0.5, 0.6) is 0 Å². The van der Waals surface area contributed by atoms with Crippen LogP contribution in [0, 0.1) is 5.92 Å². The third-order valence-electron chi connectivity index (χ3n) is 3.19. The van der Waals surface area contributed by atoms with E-state index in [1.54, 1.807) is 0 Å². The number of unbranched alkanes of at least 4 members (excludes halogenated alkanes) is 3. The fourth-order valence-corrected chi connectivity index (χ4v) is 2.47. The van der Waals surface area contributed by atoms with E-state index in [2.05, 4.69) is 11.6 Å². The summed E-state index contributed by atoms with van der Waals surface area (Å²) in [6.45, 7) is 0.940. The standard InChI is InChI=1S/C13H25NO2S/c1-16-13(15)12(11-7-8-11)14-9-5-3-4-6-10-17-2/h11-12,14H,3-10H2,1-2H3. The first kappa shape index (κ1) is 14.8. The molecule has 0 aromatic rings. The van der Waals surface area contributed by atoms with E-state index in [0.717, 1.165) is 13.0 Å². The minimum atomic E-state index is -0.0881. The van der Waals surface area contributed by atoms with Gasteiger partial charge in [0.05, 0.1) is 7.11 Å². The fraction of sp³-hybridized carbons (Fsp3) is 0.923. The lowest BCUT2D eigenvalue weighted by Gasteiger charge is -2.15. The van der Waals surface area contributed by atoms with Gasteiger partial charge < -0.3 is 10.1 Å². The topological polar surface area (TPSA) is 38.3 Å². The van der Waals surface area contributed by atoms with Crippen LogP contribution in [-0.2, 0) is 9.53 Å². The third-order valence-corrected chi connectivity index (χ3v) is 3.88. The van der Waals surface area contributed by atoms with Crippen molar-refractivity contribution in [2.45, 2.75) is 44.6 Å². The zero-order valence-electron chi connectivity index (χ0n) is 11.0. The Kier molecular flexibility index (Phi) is 7.69. The van der Waals surface area contributed by atoms with Crippen LogP contribution in [0.3, 0.4) is 0 Å². The molecule has 17 heavy (non-hydrogen) atoms. The van der Waals surface area contributed by atoms with Crippen LogP contribution in [0.4, 0.5) is 0 Å². The van der Waals surface area contributed by atoms with E-state index < -0.39 is 0 Å². The molecule has 1 unspecified atom stereocenters. The molecule has 0 aliphatic heterocycles. The molecule has 0 aromatic heterocycles.